The van der Waals surface area contributed by atoms with Gasteiger partial charge in [-0.25, -0.2) is 0 Å². The van der Waals surface area contributed by atoms with E-state index in [1.165, 1.54) is 173 Å². The molecule has 0 heterocycles. The molecule has 0 amide bonds. The van der Waals surface area contributed by atoms with Gasteiger partial charge in [0, 0.05) is 19.3 Å². The molecule has 0 unspecified atom stereocenters. The fraction of sp³-hybridized carbons (Fsp3) is 0.940. The van der Waals surface area contributed by atoms with Crippen LogP contribution in [0, 0.1) is 5.92 Å². The monoisotopic (exact) mass is 793 g/mol. The Morgan fingerprint density at radius 3 is 0.875 bits per heavy atom. The van der Waals surface area contributed by atoms with Crippen LogP contribution >= 0.6 is 0 Å². The summed E-state index contributed by atoms with van der Waals surface area (Å²) < 4.78 is 16.8. The second kappa shape index (κ2) is 44.5. The first-order chi connectivity index (χ1) is 27.4. The zero-order chi connectivity index (χ0) is 41.0. The molecule has 0 aromatic carbocycles. The number of hydrogen-bond donors (Lipinski definition) is 0. The Morgan fingerprint density at radius 1 is 0.339 bits per heavy atom. The summed E-state index contributed by atoms with van der Waals surface area (Å²) in [4.78, 5) is 37.8. The molecule has 0 rings (SSSR count). The van der Waals surface area contributed by atoms with Crippen molar-refractivity contribution in [3.63, 3.8) is 0 Å². The van der Waals surface area contributed by atoms with Gasteiger partial charge in [-0.15, -0.1) is 0 Å². The second-order valence-corrected chi connectivity index (χ2v) is 17.6. The number of esters is 3. The first-order valence-electron chi connectivity index (χ1n) is 24.9. The predicted molar refractivity (Wildman–Crippen MR) is 238 cm³/mol. The van der Waals surface area contributed by atoms with Gasteiger partial charge in [-0.2, -0.15) is 0 Å². The van der Waals surface area contributed by atoms with Crippen molar-refractivity contribution in [3.8, 4) is 0 Å². The minimum Gasteiger partial charge on any atom is -0.462 e. The number of rotatable bonds is 45. The first-order valence-corrected chi connectivity index (χ1v) is 24.9. The summed E-state index contributed by atoms with van der Waals surface area (Å²) in [6.45, 7) is 9.00. The molecule has 0 bridgehead atoms. The fourth-order valence-corrected chi connectivity index (χ4v) is 7.51. The van der Waals surface area contributed by atoms with Crippen molar-refractivity contribution in [2.24, 2.45) is 5.92 Å². The Bertz CT molecular complexity index is 841. The highest BCUT2D eigenvalue weighted by molar-refractivity contribution is 5.71. The fourth-order valence-electron chi connectivity index (χ4n) is 7.51. The molecule has 0 saturated carbocycles. The lowest BCUT2D eigenvalue weighted by Crippen LogP contribution is -2.30. The SMILES string of the molecule is CCCCCCCCCCCCCCCCCC(=O)O[C@H](COC(=O)CCCCCCCCCCC)COC(=O)CCCCCCCCCCCCCC(C)C. The van der Waals surface area contributed by atoms with Crippen LogP contribution in [0.25, 0.3) is 0 Å². The molecule has 0 saturated heterocycles. The van der Waals surface area contributed by atoms with Crippen LogP contribution in [0.5, 0.6) is 0 Å². The quantitative estimate of drug-likeness (QED) is 0.0347. The molecule has 0 fully saturated rings. The van der Waals surface area contributed by atoms with Gasteiger partial charge in [0.2, 0.25) is 0 Å². The van der Waals surface area contributed by atoms with Crippen molar-refractivity contribution in [3.05, 3.63) is 0 Å². The Hall–Kier alpha value is -1.59. The van der Waals surface area contributed by atoms with Gasteiger partial charge in [-0.05, 0) is 25.2 Å². The van der Waals surface area contributed by atoms with Gasteiger partial charge >= 0.3 is 17.9 Å². The second-order valence-electron chi connectivity index (χ2n) is 17.6. The smallest absolute Gasteiger partial charge is 0.306 e. The van der Waals surface area contributed by atoms with Gasteiger partial charge in [-0.1, -0.05) is 240 Å². The van der Waals surface area contributed by atoms with Crippen molar-refractivity contribution in [2.75, 3.05) is 13.2 Å². The predicted octanol–water partition coefficient (Wildman–Crippen LogP) is 15.9. The van der Waals surface area contributed by atoms with Crippen molar-refractivity contribution in [1.29, 1.82) is 0 Å². The standard InChI is InChI=1S/C50H96O6/c1-5-7-9-11-13-15-16-17-18-19-22-27-31-35-39-43-50(53)56-47(44-54-48(51)41-37-33-29-24-14-12-10-8-6-2)45-55-49(52)42-38-34-30-26-23-20-21-25-28-32-36-40-46(3)4/h46-47H,5-45H2,1-4H3/t47-/m1/s1. The van der Waals surface area contributed by atoms with Crippen LogP contribution in [-0.4, -0.2) is 37.2 Å². The molecule has 0 aromatic rings. The summed E-state index contributed by atoms with van der Waals surface area (Å²) in [5.74, 6) is -0.0228. The lowest BCUT2D eigenvalue weighted by molar-refractivity contribution is -0.167. The molecule has 0 N–H and O–H groups in total. The van der Waals surface area contributed by atoms with E-state index in [-0.39, 0.29) is 31.1 Å². The molecule has 0 aliphatic carbocycles. The third-order valence-electron chi connectivity index (χ3n) is 11.3. The summed E-state index contributed by atoms with van der Waals surface area (Å²) >= 11 is 0. The summed E-state index contributed by atoms with van der Waals surface area (Å²) in [6.07, 6.45) is 45.1. The average molecular weight is 793 g/mol. The maximum absolute atomic E-state index is 12.7. The molecule has 0 aliphatic rings. The molecule has 0 spiro atoms. The lowest BCUT2D eigenvalue weighted by atomic mass is 10.0. The molecule has 6 heteroatoms. The van der Waals surface area contributed by atoms with Gasteiger partial charge in [0.15, 0.2) is 6.10 Å². The average Bonchev–Trinajstić information content (AvgIpc) is 3.18. The highest BCUT2D eigenvalue weighted by Crippen LogP contribution is 2.17. The van der Waals surface area contributed by atoms with Crippen LogP contribution in [0.2, 0.25) is 0 Å². The molecule has 1 atom stereocenters. The van der Waals surface area contributed by atoms with E-state index in [0.29, 0.717) is 19.3 Å². The summed E-state index contributed by atoms with van der Waals surface area (Å²) in [7, 11) is 0. The minimum atomic E-state index is -0.759. The van der Waals surface area contributed by atoms with Crippen LogP contribution in [0.3, 0.4) is 0 Å². The van der Waals surface area contributed by atoms with Crippen molar-refractivity contribution >= 4 is 17.9 Å². The molecular weight excluding hydrogens is 697 g/mol. The van der Waals surface area contributed by atoms with Gasteiger partial charge in [0.1, 0.15) is 13.2 Å². The van der Waals surface area contributed by atoms with Crippen LogP contribution in [-0.2, 0) is 28.6 Å². The molecule has 6 nitrogen and oxygen atoms in total. The Balaban J connectivity index is 4.28. The normalized spacial score (nSPS) is 11.9. The first kappa shape index (κ1) is 54.4. The number of carbonyl (C=O) groups is 3. The van der Waals surface area contributed by atoms with E-state index in [0.717, 1.165) is 63.7 Å². The minimum absolute atomic E-state index is 0.0633. The van der Waals surface area contributed by atoms with Crippen molar-refractivity contribution in [2.45, 2.75) is 284 Å². The molecule has 0 aromatic heterocycles. The van der Waals surface area contributed by atoms with E-state index < -0.39 is 6.10 Å². The van der Waals surface area contributed by atoms with Crippen LogP contribution in [0.15, 0.2) is 0 Å². The summed E-state index contributed by atoms with van der Waals surface area (Å²) in [5, 5.41) is 0. The Morgan fingerprint density at radius 2 is 0.589 bits per heavy atom. The van der Waals surface area contributed by atoms with Crippen LogP contribution in [0.4, 0.5) is 0 Å². The van der Waals surface area contributed by atoms with Gasteiger partial charge in [0.25, 0.3) is 0 Å². The van der Waals surface area contributed by atoms with Crippen molar-refractivity contribution < 1.29 is 28.6 Å². The van der Waals surface area contributed by atoms with Crippen LogP contribution in [0.1, 0.15) is 278 Å². The molecule has 0 radical (unpaired) electrons. The highest BCUT2D eigenvalue weighted by Gasteiger charge is 2.19. The topological polar surface area (TPSA) is 78.9 Å². The zero-order valence-corrected chi connectivity index (χ0v) is 38.1. The van der Waals surface area contributed by atoms with Gasteiger partial charge < -0.3 is 14.2 Å². The maximum Gasteiger partial charge on any atom is 0.306 e. The zero-order valence-electron chi connectivity index (χ0n) is 38.1. The maximum atomic E-state index is 12.7. The highest BCUT2D eigenvalue weighted by atomic mass is 16.6. The molecule has 0 aliphatic heterocycles. The Kier molecular flexibility index (Phi) is 43.2. The van der Waals surface area contributed by atoms with Gasteiger partial charge in [-0.3, -0.25) is 14.4 Å². The van der Waals surface area contributed by atoms with E-state index in [1.807, 2.05) is 0 Å². The third-order valence-corrected chi connectivity index (χ3v) is 11.3. The van der Waals surface area contributed by atoms with Crippen LogP contribution < -0.4 is 0 Å². The molecular formula is C50H96O6. The summed E-state index contributed by atoms with van der Waals surface area (Å²) in [5.41, 5.74) is 0. The largest absolute Gasteiger partial charge is 0.462 e. The lowest BCUT2D eigenvalue weighted by Gasteiger charge is -2.18. The third kappa shape index (κ3) is 43.5. The molecule has 332 valence electrons. The Labute approximate surface area is 348 Å². The molecule has 56 heavy (non-hydrogen) atoms. The number of ether oxygens (including phenoxy) is 3. The summed E-state index contributed by atoms with van der Waals surface area (Å²) in [6, 6.07) is 0. The van der Waals surface area contributed by atoms with E-state index in [1.54, 1.807) is 0 Å². The van der Waals surface area contributed by atoms with Crippen molar-refractivity contribution in [1.82, 2.24) is 0 Å². The van der Waals surface area contributed by atoms with Gasteiger partial charge in [0.05, 0.1) is 0 Å². The number of carbonyl (C=O) groups excluding carboxylic acids is 3. The van der Waals surface area contributed by atoms with E-state index in [2.05, 4.69) is 27.7 Å². The number of hydrogen-bond acceptors (Lipinski definition) is 6. The van der Waals surface area contributed by atoms with E-state index in [9.17, 15) is 14.4 Å². The number of unbranched alkanes of at least 4 members (excludes halogenated alkanes) is 32. The van der Waals surface area contributed by atoms with E-state index >= 15 is 0 Å². The van der Waals surface area contributed by atoms with E-state index in [4.69, 9.17) is 14.2 Å².